The molecule has 19 heavy (non-hydrogen) atoms. The molecule has 4 nitrogen and oxygen atoms in total. The van der Waals surface area contributed by atoms with E-state index in [-0.39, 0.29) is 5.69 Å². The molecule has 1 saturated carbocycles. The summed E-state index contributed by atoms with van der Waals surface area (Å²) in [6.07, 6.45) is 6.37. The molecule has 1 N–H and O–H groups in total. The van der Waals surface area contributed by atoms with Crippen molar-refractivity contribution in [3.8, 4) is 0 Å². The Balaban J connectivity index is 1.86. The van der Waals surface area contributed by atoms with Crippen LogP contribution in [0.5, 0.6) is 0 Å². The van der Waals surface area contributed by atoms with E-state index in [0.29, 0.717) is 18.1 Å². The summed E-state index contributed by atoms with van der Waals surface area (Å²) in [5.74, 6) is -0.999. The predicted octanol–water partition coefficient (Wildman–Crippen LogP) is 3.27. The zero-order chi connectivity index (χ0) is 13.9. The van der Waals surface area contributed by atoms with Gasteiger partial charge in [0.25, 0.3) is 0 Å². The lowest BCUT2D eigenvalue weighted by atomic mass is 9.76. The van der Waals surface area contributed by atoms with Crippen LogP contribution < -0.4 is 0 Å². The minimum absolute atomic E-state index is 0.0749. The fourth-order valence-corrected chi connectivity index (χ4v) is 2.43. The molecule has 0 aliphatic heterocycles. The van der Waals surface area contributed by atoms with Gasteiger partial charge in [-0.1, -0.05) is 13.8 Å². The Bertz CT molecular complexity index is 446. The molecule has 0 unspecified atom stereocenters. The van der Waals surface area contributed by atoms with Crippen molar-refractivity contribution in [2.75, 3.05) is 0 Å². The highest BCUT2D eigenvalue weighted by atomic mass is 16.5. The summed E-state index contributed by atoms with van der Waals surface area (Å²) in [6, 6.07) is 3.38. The lowest BCUT2D eigenvalue weighted by Crippen LogP contribution is -2.26. The first-order valence-electron chi connectivity index (χ1n) is 6.76. The number of aromatic carboxylic acids is 1. The molecule has 0 amide bonds. The molecule has 0 saturated heterocycles. The molecule has 0 bridgehead atoms. The number of hydrogen-bond donors (Lipinski definition) is 1. The predicted molar refractivity (Wildman–Crippen MR) is 72.0 cm³/mol. The fraction of sp³-hybridized carbons (Fsp3) is 0.600. The summed E-state index contributed by atoms with van der Waals surface area (Å²) < 4.78 is 5.88. The van der Waals surface area contributed by atoms with Gasteiger partial charge in [-0.25, -0.2) is 9.78 Å². The highest BCUT2D eigenvalue weighted by Gasteiger charge is 2.27. The van der Waals surface area contributed by atoms with Crippen molar-refractivity contribution in [3.63, 3.8) is 0 Å². The van der Waals surface area contributed by atoms with Gasteiger partial charge in [-0.2, -0.15) is 0 Å². The molecular weight excluding hydrogens is 242 g/mol. The summed E-state index contributed by atoms with van der Waals surface area (Å²) in [6.45, 7) is 5.06. The van der Waals surface area contributed by atoms with E-state index in [1.165, 1.54) is 19.0 Å². The number of carbonyl (C=O) groups is 1. The standard InChI is InChI=1S/C15H21NO3/c1-15(2)6-3-12(4-7-15)19-10-11-5-8-16-13(9-11)14(17)18/h5,8-9,12H,3-4,6-7,10H2,1-2H3,(H,17,18). The maximum atomic E-state index is 10.8. The van der Waals surface area contributed by atoms with Crippen molar-refractivity contribution in [2.24, 2.45) is 5.41 Å². The number of carboxylic acid groups (broad SMARTS) is 1. The lowest BCUT2D eigenvalue weighted by molar-refractivity contribution is -0.00563. The molecular formula is C15H21NO3. The highest BCUT2D eigenvalue weighted by molar-refractivity contribution is 5.85. The van der Waals surface area contributed by atoms with E-state index in [0.717, 1.165) is 18.4 Å². The Labute approximate surface area is 113 Å². The largest absolute Gasteiger partial charge is 0.477 e. The van der Waals surface area contributed by atoms with Crippen LogP contribution >= 0.6 is 0 Å². The zero-order valence-electron chi connectivity index (χ0n) is 11.6. The first-order chi connectivity index (χ1) is 8.96. The van der Waals surface area contributed by atoms with Gasteiger partial charge in [-0.15, -0.1) is 0 Å². The second-order valence-corrected chi connectivity index (χ2v) is 6.03. The first kappa shape index (κ1) is 14.0. The highest BCUT2D eigenvalue weighted by Crippen LogP contribution is 2.36. The molecule has 1 aliphatic carbocycles. The SMILES string of the molecule is CC1(C)CCC(OCc2ccnc(C(=O)O)c2)CC1. The van der Waals surface area contributed by atoms with Crippen molar-refractivity contribution in [3.05, 3.63) is 29.6 Å². The summed E-state index contributed by atoms with van der Waals surface area (Å²) >= 11 is 0. The van der Waals surface area contributed by atoms with Crippen LogP contribution in [0.25, 0.3) is 0 Å². The summed E-state index contributed by atoms with van der Waals surface area (Å²) in [4.78, 5) is 14.6. The van der Waals surface area contributed by atoms with Crippen molar-refractivity contribution in [1.82, 2.24) is 4.98 Å². The van der Waals surface area contributed by atoms with E-state index in [1.54, 1.807) is 12.1 Å². The maximum Gasteiger partial charge on any atom is 0.354 e. The van der Waals surface area contributed by atoms with Crippen LogP contribution in [-0.2, 0) is 11.3 Å². The van der Waals surface area contributed by atoms with Crippen LogP contribution in [0.2, 0.25) is 0 Å². The van der Waals surface area contributed by atoms with Gasteiger partial charge in [0.2, 0.25) is 0 Å². The van der Waals surface area contributed by atoms with Crippen molar-refractivity contribution >= 4 is 5.97 Å². The number of hydrogen-bond acceptors (Lipinski definition) is 3. The van der Waals surface area contributed by atoms with E-state index in [2.05, 4.69) is 18.8 Å². The van der Waals surface area contributed by atoms with Gasteiger partial charge in [-0.05, 0) is 48.8 Å². The molecule has 1 aromatic heterocycles. The molecule has 0 spiro atoms. The molecule has 0 aromatic carbocycles. The van der Waals surface area contributed by atoms with Gasteiger partial charge in [-0.3, -0.25) is 0 Å². The minimum Gasteiger partial charge on any atom is -0.477 e. The van der Waals surface area contributed by atoms with E-state index in [4.69, 9.17) is 9.84 Å². The number of rotatable bonds is 4. The normalized spacial score (nSPS) is 19.3. The van der Waals surface area contributed by atoms with Crippen molar-refractivity contribution in [1.29, 1.82) is 0 Å². The lowest BCUT2D eigenvalue weighted by Gasteiger charge is -2.34. The van der Waals surface area contributed by atoms with Gasteiger partial charge in [0, 0.05) is 6.20 Å². The van der Waals surface area contributed by atoms with Crippen LogP contribution in [0.4, 0.5) is 0 Å². The van der Waals surface area contributed by atoms with Crippen molar-refractivity contribution in [2.45, 2.75) is 52.2 Å². The number of ether oxygens (including phenoxy) is 1. The Morgan fingerprint density at radius 2 is 2.16 bits per heavy atom. The molecule has 1 fully saturated rings. The van der Waals surface area contributed by atoms with Crippen LogP contribution in [0, 0.1) is 5.41 Å². The monoisotopic (exact) mass is 263 g/mol. The molecule has 0 atom stereocenters. The third-order valence-electron chi connectivity index (χ3n) is 3.82. The minimum atomic E-state index is -0.999. The summed E-state index contributed by atoms with van der Waals surface area (Å²) in [5.41, 5.74) is 1.38. The Morgan fingerprint density at radius 1 is 1.47 bits per heavy atom. The third kappa shape index (κ3) is 4.03. The van der Waals surface area contributed by atoms with Gasteiger partial charge >= 0.3 is 5.97 Å². The second kappa shape index (κ2) is 5.70. The number of carboxylic acids is 1. The fourth-order valence-electron chi connectivity index (χ4n) is 2.43. The Morgan fingerprint density at radius 3 is 2.79 bits per heavy atom. The Kier molecular flexibility index (Phi) is 4.20. The van der Waals surface area contributed by atoms with E-state index in [1.807, 2.05) is 0 Å². The molecule has 0 radical (unpaired) electrons. The van der Waals surface area contributed by atoms with E-state index in [9.17, 15) is 4.79 Å². The quantitative estimate of drug-likeness (QED) is 0.905. The Hall–Kier alpha value is -1.42. The summed E-state index contributed by atoms with van der Waals surface area (Å²) in [7, 11) is 0. The molecule has 2 rings (SSSR count). The third-order valence-corrected chi connectivity index (χ3v) is 3.82. The topological polar surface area (TPSA) is 59.4 Å². The zero-order valence-corrected chi connectivity index (χ0v) is 11.6. The van der Waals surface area contributed by atoms with Crippen LogP contribution in [0.3, 0.4) is 0 Å². The molecule has 1 aromatic rings. The smallest absolute Gasteiger partial charge is 0.354 e. The average Bonchev–Trinajstić information content (AvgIpc) is 2.38. The van der Waals surface area contributed by atoms with Gasteiger partial charge in [0.1, 0.15) is 5.69 Å². The van der Waals surface area contributed by atoms with Gasteiger partial charge < -0.3 is 9.84 Å². The number of aromatic nitrogens is 1. The summed E-state index contributed by atoms with van der Waals surface area (Å²) in [5, 5.41) is 8.88. The van der Waals surface area contributed by atoms with Crippen molar-refractivity contribution < 1.29 is 14.6 Å². The van der Waals surface area contributed by atoms with Gasteiger partial charge in [0.05, 0.1) is 12.7 Å². The van der Waals surface area contributed by atoms with Crippen LogP contribution in [0.15, 0.2) is 18.3 Å². The van der Waals surface area contributed by atoms with Crippen LogP contribution in [0.1, 0.15) is 55.6 Å². The van der Waals surface area contributed by atoms with E-state index < -0.39 is 5.97 Å². The molecule has 1 aliphatic rings. The van der Waals surface area contributed by atoms with Gasteiger partial charge in [0.15, 0.2) is 0 Å². The number of pyridine rings is 1. The van der Waals surface area contributed by atoms with E-state index >= 15 is 0 Å². The molecule has 104 valence electrons. The number of nitrogens with zero attached hydrogens (tertiary/aromatic N) is 1. The average molecular weight is 263 g/mol. The molecule has 4 heteroatoms. The maximum absolute atomic E-state index is 10.8. The van der Waals surface area contributed by atoms with Crippen LogP contribution in [-0.4, -0.2) is 22.2 Å². The second-order valence-electron chi connectivity index (χ2n) is 6.03. The molecule has 1 heterocycles. The first-order valence-corrected chi connectivity index (χ1v) is 6.76.